The zero-order valence-corrected chi connectivity index (χ0v) is 12.6. The monoisotopic (exact) mass is 273 g/mol. The third-order valence-electron chi connectivity index (χ3n) is 3.96. The molecule has 0 radical (unpaired) electrons. The molecule has 1 N–H and O–H groups in total. The SMILES string of the molecule is CCCC1(C(=O)O)CCN(CCCSCC)CC1. The van der Waals surface area contributed by atoms with Crippen LogP contribution in [0.15, 0.2) is 0 Å². The van der Waals surface area contributed by atoms with E-state index in [4.69, 9.17) is 0 Å². The maximum Gasteiger partial charge on any atom is 0.309 e. The first-order valence-electron chi connectivity index (χ1n) is 7.18. The minimum atomic E-state index is -0.578. The van der Waals surface area contributed by atoms with E-state index in [1.54, 1.807) is 0 Å². The van der Waals surface area contributed by atoms with Gasteiger partial charge in [-0.15, -0.1) is 0 Å². The average molecular weight is 273 g/mol. The molecule has 0 bridgehead atoms. The Kier molecular flexibility index (Phi) is 7.08. The average Bonchev–Trinajstić information content (AvgIpc) is 2.37. The summed E-state index contributed by atoms with van der Waals surface area (Å²) in [6.07, 6.45) is 4.70. The number of carboxylic acid groups (broad SMARTS) is 1. The largest absolute Gasteiger partial charge is 0.481 e. The lowest BCUT2D eigenvalue weighted by molar-refractivity contribution is -0.152. The van der Waals surface area contributed by atoms with Crippen molar-refractivity contribution >= 4 is 17.7 Å². The molecule has 0 atom stereocenters. The van der Waals surface area contributed by atoms with Crippen molar-refractivity contribution < 1.29 is 9.90 Å². The highest BCUT2D eigenvalue weighted by molar-refractivity contribution is 7.99. The van der Waals surface area contributed by atoms with Gasteiger partial charge in [-0.1, -0.05) is 20.3 Å². The van der Waals surface area contributed by atoms with Crippen molar-refractivity contribution in [2.75, 3.05) is 31.1 Å². The molecule has 3 nitrogen and oxygen atoms in total. The number of aliphatic carboxylic acids is 1. The molecule has 0 aromatic carbocycles. The fraction of sp³-hybridized carbons (Fsp3) is 0.929. The zero-order valence-electron chi connectivity index (χ0n) is 11.8. The van der Waals surface area contributed by atoms with E-state index < -0.39 is 11.4 Å². The van der Waals surface area contributed by atoms with Gasteiger partial charge in [-0.05, 0) is 56.8 Å². The standard InChI is InChI=1S/C14H27NO2S/c1-3-6-14(13(16)17)7-10-15(11-8-14)9-5-12-18-4-2/h3-12H2,1-2H3,(H,16,17). The molecule has 106 valence electrons. The van der Waals surface area contributed by atoms with Gasteiger partial charge in [0.1, 0.15) is 0 Å². The summed E-state index contributed by atoms with van der Waals surface area (Å²) < 4.78 is 0. The van der Waals surface area contributed by atoms with Gasteiger partial charge in [0.05, 0.1) is 5.41 Å². The van der Waals surface area contributed by atoms with Crippen molar-refractivity contribution in [1.82, 2.24) is 4.90 Å². The third-order valence-corrected chi connectivity index (χ3v) is 4.95. The Bertz CT molecular complexity index is 250. The Balaban J connectivity index is 2.32. The second-order valence-electron chi connectivity index (χ2n) is 5.23. The maximum absolute atomic E-state index is 11.5. The lowest BCUT2D eigenvalue weighted by Crippen LogP contribution is -2.44. The number of hydrogen-bond donors (Lipinski definition) is 1. The van der Waals surface area contributed by atoms with Crippen molar-refractivity contribution in [3.63, 3.8) is 0 Å². The molecule has 0 saturated carbocycles. The van der Waals surface area contributed by atoms with Gasteiger partial charge in [0.25, 0.3) is 0 Å². The molecular weight excluding hydrogens is 246 g/mol. The van der Waals surface area contributed by atoms with Gasteiger partial charge in [-0.2, -0.15) is 11.8 Å². The van der Waals surface area contributed by atoms with Crippen LogP contribution in [-0.4, -0.2) is 47.1 Å². The van der Waals surface area contributed by atoms with Gasteiger partial charge in [-0.25, -0.2) is 0 Å². The Morgan fingerprint density at radius 3 is 2.50 bits per heavy atom. The predicted octanol–water partition coefficient (Wildman–Crippen LogP) is 3.10. The number of likely N-dealkylation sites (tertiary alicyclic amines) is 1. The van der Waals surface area contributed by atoms with Crippen LogP contribution in [0.25, 0.3) is 0 Å². The molecule has 4 heteroatoms. The highest BCUT2D eigenvalue weighted by atomic mass is 32.2. The minimum Gasteiger partial charge on any atom is -0.481 e. The van der Waals surface area contributed by atoms with Gasteiger partial charge in [-0.3, -0.25) is 4.79 Å². The number of carbonyl (C=O) groups is 1. The zero-order chi connectivity index (χ0) is 13.4. The van der Waals surface area contributed by atoms with Gasteiger partial charge in [0.15, 0.2) is 0 Å². The van der Waals surface area contributed by atoms with Crippen LogP contribution in [0.1, 0.15) is 46.0 Å². The first kappa shape index (κ1) is 15.8. The topological polar surface area (TPSA) is 40.5 Å². The van der Waals surface area contributed by atoms with E-state index in [1.165, 1.54) is 17.9 Å². The molecule has 0 amide bonds. The van der Waals surface area contributed by atoms with Crippen LogP contribution >= 0.6 is 11.8 Å². The number of piperidine rings is 1. The fourth-order valence-electron chi connectivity index (χ4n) is 2.79. The number of rotatable bonds is 8. The quantitative estimate of drug-likeness (QED) is 0.690. The lowest BCUT2D eigenvalue weighted by atomic mass is 9.75. The molecule has 0 spiro atoms. The molecule has 0 aliphatic carbocycles. The van der Waals surface area contributed by atoms with E-state index in [9.17, 15) is 9.90 Å². The van der Waals surface area contributed by atoms with Crippen LogP contribution in [0, 0.1) is 5.41 Å². The molecular formula is C14H27NO2S. The first-order valence-corrected chi connectivity index (χ1v) is 8.33. The smallest absolute Gasteiger partial charge is 0.309 e. The number of hydrogen-bond acceptors (Lipinski definition) is 3. The van der Waals surface area contributed by atoms with Crippen LogP contribution < -0.4 is 0 Å². The Labute approximate surface area is 115 Å². The summed E-state index contributed by atoms with van der Waals surface area (Å²) in [4.78, 5) is 13.9. The van der Waals surface area contributed by atoms with Crippen LogP contribution in [0.4, 0.5) is 0 Å². The van der Waals surface area contributed by atoms with Crippen molar-refractivity contribution in [3.8, 4) is 0 Å². The first-order chi connectivity index (χ1) is 8.64. The summed E-state index contributed by atoms with van der Waals surface area (Å²) in [6.45, 7) is 7.33. The highest BCUT2D eigenvalue weighted by Gasteiger charge is 2.40. The molecule has 0 unspecified atom stereocenters. The third kappa shape index (κ3) is 4.47. The van der Waals surface area contributed by atoms with E-state index in [1.807, 2.05) is 11.8 Å². The Hall–Kier alpha value is -0.220. The maximum atomic E-state index is 11.5. The molecule has 0 aromatic heterocycles. The summed E-state index contributed by atoms with van der Waals surface area (Å²) in [6, 6.07) is 0. The second-order valence-corrected chi connectivity index (χ2v) is 6.62. The fourth-order valence-corrected chi connectivity index (χ4v) is 3.41. The summed E-state index contributed by atoms with van der Waals surface area (Å²) in [5.41, 5.74) is -0.427. The lowest BCUT2D eigenvalue weighted by Gasteiger charge is -2.38. The summed E-state index contributed by atoms with van der Waals surface area (Å²) in [7, 11) is 0. The molecule has 1 fully saturated rings. The van der Waals surface area contributed by atoms with E-state index in [0.29, 0.717) is 0 Å². The van der Waals surface area contributed by atoms with Gasteiger partial charge in [0.2, 0.25) is 0 Å². The van der Waals surface area contributed by atoms with E-state index in [-0.39, 0.29) is 0 Å². The number of nitrogens with zero attached hydrogens (tertiary/aromatic N) is 1. The van der Waals surface area contributed by atoms with E-state index in [2.05, 4.69) is 18.7 Å². The number of thioether (sulfide) groups is 1. The van der Waals surface area contributed by atoms with Crippen molar-refractivity contribution in [3.05, 3.63) is 0 Å². The molecule has 1 aliphatic heterocycles. The molecule has 18 heavy (non-hydrogen) atoms. The normalized spacial score (nSPS) is 19.9. The van der Waals surface area contributed by atoms with Gasteiger partial charge in [0, 0.05) is 0 Å². The summed E-state index contributed by atoms with van der Waals surface area (Å²) in [5, 5.41) is 9.43. The van der Waals surface area contributed by atoms with Crippen LogP contribution in [0.5, 0.6) is 0 Å². The molecule has 1 heterocycles. The van der Waals surface area contributed by atoms with Crippen LogP contribution in [0.3, 0.4) is 0 Å². The molecule has 1 saturated heterocycles. The van der Waals surface area contributed by atoms with Crippen molar-refractivity contribution in [2.24, 2.45) is 5.41 Å². The molecule has 1 aliphatic rings. The summed E-state index contributed by atoms with van der Waals surface area (Å²) in [5.74, 6) is 1.84. The van der Waals surface area contributed by atoms with E-state index in [0.717, 1.165) is 45.3 Å². The molecule has 1 rings (SSSR count). The van der Waals surface area contributed by atoms with Crippen LogP contribution in [0.2, 0.25) is 0 Å². The Morgan fingerprint density at radius 2 is 2.00 bits per heavy atom. The van der Waals surface area contributed by atoms with Gasteiger partial charge >= 0.3 is 5.97 Å². The minimum absolute atomic E-state index is 0.427. The number of carboxylic acids is 1. The summed E-state index contributed by atoms with van der Waals surface area (Å²) >= 11 is 1.99. The Morgan fingerprint density at radius 1 is 1.33 bits per heavy atom. The predicted molar refractivity (Wildman–Crippen MR) is 78.3 cm³/mol. The highest BCUT2D eigenvalue weighted by Crippen LogP contribution is 2.36. The molecule has 0 aromatic rings. The second kappa shape index (κ2) is 8.05. The van der Waals surface area contributed by atoms with E-state index >= 15 is 0 Å². The van der Waals surface area contributed by atoms with Crippen molar-refractivity contribution in [1.29, 1.82) is 0 Å². The van der Waals surface area contributed by atoms with Gasteiger partial charge < -0.3 is 10.0 Å². The van der Waals surface area contributed by atoms with Crippen molar-refractivity contribution in [2.45, 2.75) is 46.0 Å². The van der Waals surface area contributed by atoms with Crippen LogP contribution in [-0.2, 0) is 4.79 Å².